The number of hydrogen-bond donors (Lipinski definition) is 1. The van der Waals surface area contributed by atoms with Gasteiger partial charge in [-0.3, -0.25) is 0 Å². The van der Waals surface area contributed by atoms with Crippen LogP contribution >= 0.6 is 27.7 Å². The van der Waals surface area contributed by atoms with Crippen LogP contribution in [0.3, 0.4) is 0 Å². The lowest BCUT2D eigenvalue weighted by Gasteiger charge is -2.09. The number of carboxylic acids is 1. The second-order valence-corrected chi connectivity index (χ2v) is 5.30. The van der Waals surface area contributed by atoms with Crippen LogP contribution in [0.15, 0.2) is 22.7 Å². The molecule has 0 unspecified atom stereocenters. The molecule has 1 N–H and O–H groups in total. The van der Waals surface area contributed by atoms with Gasteiger partial charge in [0.05, 0.1) is 6.61 Å². The Kier molecular flexibility index (Phi) is 5.69. The van der Waals surface area contributed by atoms with Crippen molar-refractivity contribution in [3.8, 4) is 5.75 Å². The molecule has 0 saturated carbocycles. The monoisotopic (exact) mass is 304 g/mol. The van der Waals surface area contributed by atoms with E-state index in [-0.39, 0.29) is 5.56 Å². The van der Waals surface area contributed by atoms with E-state index in [4.69, 9.17) is 9.84 Å². The van der Waals surface area contributed by atoms with Crippen LogP contribution in [-0.2, 0) is 0 Å². The molecule has 0 heterocycles. The lowest BCUT2D eigenvalue weighted by Crippen LogP contribution is -2.06. The molecule has 0 radical (unpaired) electrons. The summed E-state index contributed by atoms with van der Waals surface area (Å²) in [7, 11) is 0. The number of halogens is 1. The molecule has 0 fully saturated rings. The molecule has 0 aliphatic carbocycles. The summed E-state index contributed by atoms with van der Waals surface area (Å²) < 4.78 is 6.27. The molecule has 0 atom stereocenters. The highest BCUT2D eigenvalue weighted by molar-refractivity contribution is 9.10. The van der Waals surface area contributed by atoms with Gasteiger partial charge >= 0.3 is 5.97 Å². The van der Waals surface area contributed by atoms with E-state index in [0.717, 1.165) is 16.0 Å². The fourth-order valence-electron chi connectivity index (χ4n) is 1.15. The standard InChI is InChI=1S/C11H13BrO3S/c1-2-16-6-5-15-10-7-8(12)3-4-9(10)11(13)14/h3-4,7H,2,5-6H2,1H3,(H,13,14). The Bertz CT molecular complexity index is 368. The van der Waals surface area contributed by atoms with Crippen molar-refractivity contribution >= 4 is 33.7 Å². The summed E-state index contributed by atoms with van der Waals surface area (Å²) in [6.45, 7) is 2.60. The van der Waals surface area contributed by atoms with Crippen LogP contribution in [0.2, 0.25) is 0 Å². The molecular formula is C11H13BrO3S. The van der Waals surface area contributed by atoms with Crippen molar-refractivity contribution in [2.75, 3.05) is 18.1 Å². The van der Waals surface area contributed by atoms with Gasteiger partial charge in [-0.2, -0.15) is 11.8 Å². The number of rotatable bonds is 6. The van der Waals surface area contributed by atoms with Crippen molar-refractivity contribution in [3.05, 3.63) is 28.2 Å². The molecule has 5 heteroatoms. The van der Waals surface area contributed by atoms with E-state index >= 15 is 0 Å². The predicted octanol–water partition coefficient (Wildman–Crippen LogP) is 3.28. The highest BCUT2D eigenvalue weighted by Gasteiger charge is 2.11. The first-order valence-corrected chi connectivity index (χ1v) is 6.83. The molecule has 16 heavy (non-hydrogen) atoms. The first-order chi connectivity index (χ1) is 7.65. The predicted molar refractivity (Wildman–Crippen MR) is 69.6 cm³/mol. The number of thioether (sulfide) groups is 1. The third-order valence-electron chi connectivity index (χ3n) is 1.86. The fourth-order valence-corrected chi connectivity index (χ4v) is 1.98. The summed E-state index contributed by atoms with van der Waals surface area (Å²) in [6.07, 6.45) is 0. The van der Waals surface area contributed by atoms with E-state index in [9.17, 15) is 4.79 Å². The van der Waals surface area contributed by atoms with E-state index < -0.39 is 5.97 Å². The second kappa shape index (κ2) is 6.81. The normalized spacial score (nSPS) is 10.1. The molecule has 0 spiro atoms. The lowest BCUT2D eigenvalue weighted by molar-refractivity contribution is 0.0692. The Morgan fingerprint density at radius 2 is 2.31 bits per heavy atom. The number of benzene rings is 1. The average Bonchev–Trinajstić information content (AvgIpc) is 2.24. The highest BCUT2D eigenvalue weighted by Crippen LogP contribution is 2.24. The van der Waals surface area contributed by atoms with Crippen molar-refractivity contribution in [2.24, 2.45) is 0 Å². The van der Waals surface area contributed by atoms with Crippen molar-refractivity contribution in [2.45, 2.75) is 6.92 Å². The van der Waals surface area contributed by atoms with Gasteiger partial charge in [0, 0.05) is 10.2 Å². The molecule has 0 aromatic heterocycles. The Balaban J connectivity index is 2.68. The Hall–Kier alpha value is -0.680. The van der Waals surface area contributed by atoms with Gasteiger partial charge in [-0.05, 0) is 24.0 Å². The van der Waals surface area contributed by atoms with Gasteiger partial charge in [0.15, 0.2) is 0 Å². The molecule has 3 nitrogen and oxygen atoms in total. The lowest BCUT2D eigenvalue weighted by atomic mass is 10.2. The molecule has 1 aromatic carbocycles. The molecular weight excluding hydrogens is 292 g/mol. The molecule has 0 bridgehead atoms. The summed E-state index contributed by atoms with van der Waals surface area (Å²) in [4.78, 5) is 10.9. The van der Waals surface area contributed by atoms with E-state index in [1.54, 1.807) is 23.9 Å². The first-order valence-electron chi connectivity index (χ1n) is 4.88. The molecule has 0 aliphatic heterocycles. The third-order valence-corrected chi connectivity index (χ3v) is 3.22. The van der Waals surface area contributed by atoms with Crippen molar-refractivity contribution in [3.63, 3.8) is 0 Å². The summed E-state index contributed by atoms with van der Waals surface area (Å²) in [5, 5.41) is 8.96. The first kappa shape index (κ1) is 13.4. The SMILES string of the molecule is CCSCCOc1cc(Br)ccc1C(=O)O. The van der Waals surface area contributed by atoms with E-state index in [0.29, 0.717) is 12.4 Å². The maximum absolute atomic E-state index is 10.9. The van der Waals surface area contributed by atoms with Crippen LogP contribution in [0, 0.1) is 0 Å². The second-order valence-electron chi connectivity index (χ2n) is 2.99. The number of ether oxygens (including phenoxy) is 1. The van der Waals surface area contributed by atoms with Crippen LogP contribution in [0.5, 0.6) is 5.75 Å². The van der Waals surface area contributed by atoms with Crippen LogP contribution in [0.25, 0.3) is 0 Å². The number of carboxylic acid groups (broad SMARTS) is 1. The molecule has 1 rings (SSSR count). The third kappa shape index (κ3) is 4.06. The quantitative estimate of drug-likeness (QED) is 0.819. The summed E-state index contributed by atoms with van der Waals surface area (Å²) in [5.41, 5.74) is 0.199. The minimum atomic E-state index is -0.967. The van der Waals surface area contributed by atoms with Gasteiger partial charge in [-0.15, -0.1) is 0 Å². The Labute approximate surface area is 107 Å². The molecule has 0 saturated heterocycles. The number of carbonyl (C=O) groups is 1. The molecule has 0 aliphatic rings. The van der Waals surface area contributed by atoms with Gasteiger partial charge in [0.25, 0.3) is 0 Å². The highest BCUT2D eigenvalue weighted by atomic mass is 79.9. The molecule has 0 amide bonds. The van der Waals surface area contributed by atoms with E-state index in [1.165, 1.54) is 6.07 Å². The van der Waals surface area contributed by atoms with Gasteiger partial charge in [-0.1, -0.05) is 22.9 Å². The topological polar surface area (TPSA) is 46.5 Å². The van der Waals surface area contributed by atoms with Crippen molar-refractivity contribution in [1.82, 2.24) is 0 Å². The van der Waals surface area contributed by atoms with Gasteiger partial charge in [-0.25, -0.2) is 4.79 Å². The van der Waals surface area contributed by atoms with Crippen molar-refractivity contribution in [1.29, 1.82) is 0 Å². The summed E-state index contributed by atoms with van der Waals surface area (Å²) in [6, 6.07) is 4.91. The van der Waals surface area contributed by atoms with Crippen molar-refractivity contribution < 1.29 is 14.6 Å². The minimum absolute atomic E-state index is 0.199. The molecule has 1 aromatic rings. The van der Waals surface area contributed by atoms with Crippen LogP contribution in [0.1, 0.15) is 17.3 Å². The number of aromatic carboxylic acids is 1. The maximum atomic E-state index is 10.9. The Morgan fingerprint density at radius 1 is 1.56 bits per heavy atom. The average molecular weight is 305 g/mol. The largest absolute Gasteiger partial charge is 0.492 e. The summed E-state index contributed by atoms with van der Waals surface area (Å²) in [5.74, 6) is 1.35. The zero-order valence-corrected chi connectivity index (χ0v) is 11.3. The van der Waals surface area contributed by atoms with Crippen LogP contribution in [-0.4, -0.2) is 29.2 Å². The zero-order valence-electron chi connectivity index (χ0n) is 8.90. The zero-order chi connectivity index (χ0) is 12.0. The van der Waals surface area contributed by atoms with Gasteiger partial charge in [0.1, 0.15) is 11.3 Å². The maximum Gasteiger partial charge on any atom is 0.339 e. The van der Waals surface area contributed by atoms with Gasteiger partial charge < -0.3 is 9.84 Å². The smallest absolute Gasteiger partial charge is 0.339 e. The van der Waals surface area contributed by atoms with Gasteiger partial charge in [0.2, 0.25) is 0 Å². The van der Waals surface area contributed by atoms with Crippen LogP contribution in [0.4, 0.5) is 0 Å². The fraction of sp³-hybridized carbons (Fsp3) is 0.364. The van der Waals surface area contributed by atoms with E-state index in [2.05, 4.69) is 22.9 Å². The minimum Gasteiger partial charge on any atom is -0.492 e. The molecule has 88 valence electrons. The number of hydrogen-bond acceptors (Lipinski definition) is 3. The Morgan fingerprint density at radius 3 is 2.94 bits per heavy atom. The van der Waals surface area contributed by atoms with E-state index in [1.807, 2.05) is 0 Å². The van der Waals surface area contributed by atoms with Crippen LogP contribution < -0.4 is 4.74 Å². The summed E-state index contributed by atoms with van der Waals surface area (Å²) >= 11 is 5.05.